The number of piperazine rings is 1. The highest BCUT2D eigenvalue weighted by Crippen LogP contribution is 2.23. The lowest BCUT2D eigenvalue weighted by Gasteiger charge is -2.33. The van der Waals surface area contributed by atoms with Gasteiger partial charge in [0, 0.05) is 57.9 Å². The summed E-state index contributed by atoms with van der Waals surface area (Å²) >= 11 is 12.2. The molecule has 9 heteroatoms. The van der Waals surface area contributed by atoms with E-state index in [1.165, 1.54) is 0 Å². The number of rotatable bonds is 7. The lowest BCUT2D eigenvalue weighted by atomic mass is 10.1. The van der Waals surface area contributed by atoms with Crippen LogP contribution in [0.5, 0.6) is 0 Å². The van der Waals surface area contributed by atoms with Crippen LogP contribution in [0.1, 0.15) is 21.5 Å². The molecule has 0 radical (unpaired) electrons. The highest BCUT2D eigenvalue weighted by molar-refractivity contribution is 6.42. The van der Waals surface area contributed by atoms with Gasteiger partial charge in [-0.05, 0) is 42.4 Å². The van der Waals surface area contributed by atoms with E-state index in [9.17, 15) is 9.59 Å². The zero-order chi connectivity index (χ0) is 24.8. The molecule has 0 aromatic heterocycles. The van der Waals surface area contributed by atoms with Crippen LogP contribution in [0.15, 0.2) is 42.5 Å². The van der Waals surface area contributed by atoms with Gasteiger partial charge in [-0.1, -0.05) is 41.4 Å². The van der Waals surface area contributed by atoms with Gasteiger partial charge in [-0.15, -0.1) is 0 Å². The first-order valence-electron chi connectivity index (χ1n) is 12.0. The molecular weight excluding hydrogens is 487 g/mol. The van der Waals surface area contributed by atoms with Crippen LogP contribution in [0.3, 0.4) is 0 Å². The average molecular weight is 519 g/mol. The van der Waals surface area contributed by atoms with E-state index in [4.69, 9.17) is 27.9 Å². The molecule has 4 rings (SSSR count). The van der Waals surface area contributed by atoms with Crippen molar-refractivity contribution in [3.63, 3.8) is 0 Å². The number of nitrogens with zero attached hydrogens (tertiary/aromatic N) is 3. The molecule has 2 fully saturated rings. The van der Waals surface area contributed by atoms with Crippen molar-refractivity contribution in [1.29, 1.82) is 0 Å². The van der Waals surface area contributed by atoms with Crippen LogP contribution in [0.2, 0.25) is 10.0 Å². The summed E-state index contributed by atoms with van der Waals surface area (Å²) in [5, 5.41) is 4.09. The minimum Gasteiger partial charge on any atom is -0.374 e. The Bertz CT molecular complexity index is 1040. The quantitative estimate of drug-likeness (QED) is 0.610. The summed E-state index contributed by atoms with van der Waals surface area (Å²) in [6.07, 6.45) is 0.143. The molecule has 2 aromatic carbocycles. The Morgan fingerprint density at radius 1 is 1.00 bits per heavy atom. The second-order valence-corrected chi connectivity index (χ2v) is 10.1. The molecule has 7 nitrogen and oxygen atoms in total. The second-order valence-electron chi connectivity index (χ2n) is 9.25. The molecule has 188 valence electrons. The number of hydrogen-bond acceptors (Lipinski definition) is 5. The van der Waals surface area contributed by atoms with Crippen molar-refractivity contribution in [3.05, 3.63) is 69.2 Å². The molecule has 0 bridgehead atoms. The van der Waals surface area contributed by atoms with Crippen molar-refractivity contribution in [3.8, 4) is 0 Å². The summed E-state index contributed by atoms with van der Waals surface area (Å²) in [7, 11) is 2.06. The Morgan fingerprint density at radius 3 is 2.57 bits per heavy atom. The van der Waals surface area contributed by atoms with E-state index >= 15 is 0 Å². The predicted octanol–water partition coefficient (Wildman–Crippen LogP) is 2.94. The first-order valence-corrected chi connectivity index (χ1v) is 12.7. The molecule has 0 spiro atoms. The van der Waals surface area contributed by atoms with Crippen molar-refractivity contribution in [2.24, 2.45) is 0 Å². The van der Waals surface area contributed by atoms with Crippen molar-refractivity contribution in [2.75, 3.05) is 59.5 Å². The van der Waals surface area contributed by atoms with E-state index in [2.05, 4.69) is 22.2 Å². The lowest BCUT2D eigenvalue weighted by molar-refractivity contribution is -0.121. The van der Waals surface area contributed by atoms with Crippen LogP contribution in [0, 0.1) is 0 Å². The summed E-state index contributed by atoms with van der Waals surface area (Å²) in [5.41, 5.74) is 2.55. The number of halogens is 2. The Morgan fingerprint density at radius 2 is 1.80 bits per heavy atom. The van der Waals surface area contributed by atoms with E-state index in [1.807, 2.05) is 47.4 Å². The van der Waals surface area contributed by atoms with Crippen LogP contribution in [0.25, 0.3) is 0 Å². The molecular formula is C26H32Cl2N4O3. The first kappa shape index (κ1) is 25.9. The van der Waals surface area contributed by atoms with Crippen molar-refractivity contribution >= 4 is 35.0 Å². The van der Waals surface area contributed by atoms with Gasteiger partial charge in [-0.25, -0.2) is 0 Å². The lowest BCUT2D eigenvalue weighted by Crippen LogP contribution is -2.47. The highest BCUT2D eigenvalue weighted by Gasteiger charge is 2.22. The van der Waals surface area contributed by atoms with Gasteiger partial charge in [0.15, 0.2) is 0 Å². The molecule has 0 aliphatic carbocycles. The minimum absolute atomic E-state index is 0.0260. The van der Waals surface area contributed by atoms with Crippen LogP contribution in [0.4, 0.5) is 0 Å². The Kier molecular flexibility index (Phi) is 9.03. The predicted molar refractivity (Wildman–Crippen MR) is 138 cm³/mol. The van der Waals surface area contributed by atoms with Crippen LogP contribution >= 0.6 is 23.2 Å². The maximum Gasteiger partial charge on any atom is 0.253 e. The maximum atomic E-state index is 12.8. The number of carbonyl (C=O) groups excluding carboxylic acids is 2. The van der Waals surface area contributed by atoms with Crippen molar-refractivity contribution in [2.45, 2.75) is 19.1 Å². The Labute approximate surface area is 216 Å². The van der Waals surface area contributed by atoms with E-state index < -0.39 is 0 Å². The Balaban J connectivity index is 1.24. The number of morpholine rings is 1. The van der Waals surface area contributed by atoms with Crippen molar-refractivity contribution < 1.29 is 14.3 Å². The SMILES string of the molecule is CN1CCN(C(=O)c2cccc(CC(=O)NCC3CN(Cc4ccc(Cl)c(Cl)c4)CCO3)c2)CC1. The van der Waals surface area contributed by atoms with Gasteiger partial charge in [-0.3, -0.25) is 14.5 Å². The molecule has 1 atom stereocenters. The molecule has 35 heavy (non-hydrogen) atoms. The maximum absolute atomic E-state index is 12.8. The third kappa shape index (κ3) is 7.41. The van der Waals surface area contributed by atoms with E-state index in [1.54, 1.807) is 0 Å². The summed E-state index contributed by atoms with van der Waals surface area (Å²) in [6.45, 7) is 6.54. The number of benzene rings is 2. The topological polar surface area (TPSA) is 65.1 Å². The van der Waals surface area contributed by atoms with E-state index in [-0.39, 0.29) is 24.3 Å². The number of amides is 2. The largest absolute Gasteiger partial charge is 0.374 e. The molecule has 2 heterocycles. The molecule has 2 aliphatic rings. The van der Waals surface area contributed by atoms with E-state index in [0.29, 0.717) is 28.8 Å². The van der Waals surface area contributed by atoms with Gasteiger partial charge < -0.3 is 19.9 Å². The number of carbonyl (C=O) groups is 2. The van der Waals surface area contributed by atoms with Crippen LogP contribution in [-0.2, 0) is 22.5 Å². The standard InChI is InChI=1S/C26H32Cl2N4O3/c1-30-7-9-32(10-8-30)26(34)21-4-2-3-19(13-21)15-25(33)29-16-22-18-31(11-12-35-22)17-20-5-6-23(27)24(28)14-20/h2-6,13-14,22H,7-12,15-18H2,1H3,(H,29,33). The number of hydrogen-bond donors (Lipinski definition) is 1. The van der Waals surface area contributed by atoms with Gasteiger partial charge in [0.25, 0.3) is 5.91 Å². The second kappa shape index (κ2) is 12.2. The fourth-order valence-electron chi connectivity index (χ4n) is 4.43. The van der Waals surface area contributed by atoms with Crippen LogP contribution in [-0.4, -0.2) is 92.1 Å². The Hall–Kier alpha value is -2.16. The first-order chi connectivity index (χ1) is 16.9. The van der Waals surface area contributed by atoms with Gasteiger partial charge in [0.05, 0.1) is 29.2 Å². The summed E-state index contributed by atoms with van der Waals surface area (Å²) in [6, 6.07) is 13.1. The third-order valence-electron chi connectivity index (χ3n) is 6.47. The third-order valence-corrected chi connectivity index (χ3v) is 7.21. The highest BCUT2D eigenvalue weighted by atomic mass is 35.5. The summed E-state index contributed by atoms with van der Waals surface area (Å²) in [4.78, 5) is 31.8. The molecule has 2 saturated heterocycles. The molecule has 0 saturated carbocycles. The summed E-state index contributed by atoms with van der Waals surface area (Å²) in [5.74, 6) is -0.0579. The van der Waals surface area contributed by atoms with Crippen molar-refractivity contribution in [1.82, 2.24) is 20.0 Å². The summed E-state index contributed by atoms with van der Waals surface area (Å²) < 4.78 is 5.86. The fourth-order valence-corrected chi connectivity index (χ4v) is 4.75. The molecule has 2 aromatic rings. The molecule has 2 amide bonds. The van der Waals surface area contributed by atoms with E-state index in [0.717, 1.165) is 56.9 Å². The number of nitrogens with one attached hydrogen (secondary N) is 1. The monoisotopic (exact) mass is 518 g/mol. The zero-order valence-electron chi connectivity index (χ0n) is 20.0. The molecule has 1 unspecified atom stereocenters. The zero-order valence-corrected chi connectivity index (χ0v) is 21.5. The normalized spacial score (nSPS) is 19.5. The minimum atomic E-state index is -0.0839. The smallest absolute Gasteiger partial charge is 0.253 e. The van der Waals surface area contributed by atoms with Gasteiger partial charge in [0.1, 0.15) is 0 Å². The number of likely N-dealkylation sites (N-methyl/N-ethyl adjacent to an activating group) is 1. The average Bonchev–Trinajstić information content (AvgIpc) is 2.85. The molecule has 1 N–H and O–H groups in total. The van der Waals surface area contributed by atoms with Crippen LogP contribution < -0.4 is 5.32 Å². The molecule has 2 aliphatic heterocycles. The van der Waals surface area contributed by atoms with Gasteiger partial charge in [-0.2, -0.15) is 0 Å². The number of ether oxygens (including phenoxy) is 1. The van der Waals surface area contributed by atoms with Gasteiger partial charge >= 0.3 is 0 Å². The fraction of sp³-hybridized carbons (Fsp3) is 0.462. The van der Waals surface area contributed by atoms with Gasteiger partial charge in [0.2, 0.25) is 5.91 Å².